The minimum atomic E-state index is 0. The molecule has 0 radical (unpaired) electrons. The maximum atomic E-state index is 3.37. The standard InChI is InChI=1S/C11H17N.ClH/c1-3-8-12-9-11-6-4-10(2)5-7-11;/h4-7,12H,3,8-9H2,1-2H3;1H. The summed E-state index contributed by atoms with van der Waals surface area (Å²) in [6.07, 6.45) is 1.20. The van der Waals surface area contributed by atoms with Gasteiger partial charge in [-0.1, -0.05) is 36.8 Å². The minimum Gasteiger partial charge on any atom is -0.313 e. The highest BCUT2D eigenvalue weighted by Gasteiger charge is 1.90. The van der Waals surface area contributed by atoms with Gasteiger partial charge in [0.2, 0.25) is 0 Å². The van der Waals surface area contributed by atoms with Crippen molar-refractivity contribution in [1.82, 2.24) is 5.32 Å². The first kappa shape index (κ1) is 12.5. The second-order valence-electron chi connectivity index (χ2n) is 3.16. The Balaban J connectivity index is 0.00000144. The molecule has 0 aliphatic carbocycles. The fourth-order valence-electron chi connectivity index (χ4n) is 1.12. The molecule has 1 aromatic rings. The lowest BCUT2D eigenvalue weighted by Crippen LogP contribution is -2.13. The van der Waals surface area contributed by atoms with Crippen LogP contribution in [-0.2, 0) is 6.54 Å². The van der Waals surface area contributed by atoms with E-state index in [4.69, 9.17) is 0 Å². The minimum absolute atomic E-state index is 0. The number of hydrogen-bond donors (Lipinski definition) is 1. The number of rotatable bonds is 4. The van der Waals surface area contributed by atoms with Gasteiger partial charge in [0, 0.05) is 6.54 Å². The number of halogens is 1. The van der Waals surface area contributed by atoms with E-state index in [1.54, 1.807) is 0 Å². The summed E-state index contributed by atoms with van der Waals surface area (Å²) in [6.45, 7) is 6.40. The molecule has 0 bridgehead atoms. The third kappa shape index (κ3) is 4.91. The van der Waals surface area contributed by atoms with Crippen LogP contribution in [0.15, 0.2) is 24.3 Å². The van der Waals surface area contributed by atoms with Gasteiger partial charge in [0.1, 0.15) is 0 Å². The van der Waals surface area contributed by atoms with Crippen LogP contribution in [0.2, 0.25) is 0 Å². The fraction of sp³-hybridized carbons (Fsp3) is 0.455. The summed E-state index contributed by atoms with van der Waals surface area (Å²) < 4.78 is 0. The van der Waals surface area contributed by atoms with Crippen LogP contribution in [0, 0.1) is 6.92 Å². The zero-order valence-electron chi connectivity index (χ0n) is 8.34. The average molecular weight is 200 g/mol. The van der Waals surface area contributed by atoms with Gasteiger partial charge >= 0.3 is 0 Å². The topological polar surface area (TPSA) is 12.0 Å². The van der Waals surface area contributed by atoms with Crippen molar-refractivity contribution in [3.63, 3.8) is 0 Å². The van der Waals surface area contributed by atoms with Crippen molar-refractivity contribution < 1.29 is 0 Å². The Morgan fingerprint density at radius 2 is 1.77 bits per heavy atom. The first-order valence-corrected chi connectivity index (χ1v) is 4.59. The van der Waals surface area contributed by atoms with Crippen LogP contribution in [0.25, 0.3) is 0 Å². The molecule has 0 fully saturated rings. The van der Waals surface area contributed by atoms with Crippen molar-refractivity contribution in [2.45, 2.75) is 26.8 Å². The van der Waals surface area contributed by atoms with Crippen molar-refractivity contribution in [1.29, 1.82) is 0 Å². The summed E-state index contributed by atoms with van der Waals surface area (Å²) in [4.78, 5) is 0. The highest BCUT2D eigenvalue weighted by molar-refractivity contribution is 5.85. The lowest BCUT2D eigenvalue weighted by atomic mass is 10.1. The summed E-state index contributed by atoms with van der Waals surface area (Å²) in [5.74, 6) is 0. The summed E-state index contributed by atoms with van der Waals surface area (Å²) in [5, 5.41) is 3.37. The Morgan fingerprint density at radius 1 is 1.15 bits per heavy atom. The predicted molar refractivity (Wildman–Crippen MR) is 60.4 cm³/mol. The van der Waals surface area contributed by atoms with E-state index in [-0.39, 0.29) is 12.4 Å². The van der Waals surface area contributed by atoms with Crippen LogP contribution in [-0.4, -0.2) is 6.54 Å². The fourth-order valence-corrected chi connectivity index (χ4v) is 1.12. The molecule has 2 heteroatoms. The molecule has 0 spiro atoms. The van der Waals surface area contributed by atoms with E-state index in [0.29, 0.717) is 0 Å². The summed E-state index contributed by atoms with van der Waals surface area (Å²) in [7, 11) is 0. The van der Waals surface area contributed by atoms with Gasteiger partial charge in [-0.25, -0.2) is 0 Å². The Hall–Kier alpha value is -0.530. The van der Waals surface area contributed by atoms with Crippen LogP contribution in [0.3, 0.4) is 0 Å². The summed E-state index contributed by atoms with van der Waals surface area (Å²) in [6, 6.07) is 8.67. The van der Waals surface area contributed by atoms with E-state index >= 15 is 0 Å². The van der Waals surface area contributed by atoms with E-state index in [9.17, 15) is 0 Å². The molecule has 0 saturated carbocycles. The lowest BCUT2D eigenvalue weighted by Gasteiger charge is -2.02. The molecule has 0 saturated heterocycles. The van der Waals surface area contributed by atoms with E-state index in [2.05, 4.69) is 43.4 Å². The average Bonchev–Trinajstić information content (AvgIpc) is 2.09. The van der Waals surface area contributed by atoms with E-state index in [1.165, 1.54) is 17.5 Å². The number of benzene rings is 1. The first-order chi connectivity index (χ1) is 5.83. The van der Waals surface area contributed by atoms with Crippen molar-refractivity contribution in [2.75, 3.05) is 6.54 Å². The van der Waals surface area contributed by atoms with E-state index in [1.807, 2.05) is 0 Å². The lowest BCUT2D eigenvalue weighted by molar-refractivity contribution is 0.675. The summed E-state index contributed by atoms with van der Waals surface area (Å²) >= 11 is 0. The van der Waals surface area contributed by atoms with Crippen molar-refractivity contribution in [2.24, 2.45) is 0 Å². The van der Waals surface area contributed by atoms with Crippen molar-refractivity contribution in [3.05, 3.63) is 35.4 Å². The van der Waals surface area contributed by atoms with Gasteiger partial charge in [0.15, 0.2) is 0 Å². The molecule has 0 atom stereocenters. The zero-order valence-corrected chi connectivity index (χ0v) is 9.16. The Bertz CT molecular complexity index is 218. The third-order valence-corrected chi connectivity index (χ3v) is 1.88. The van der Waals surface area contributed by atoms with Crippen LogP contribution >= 0.6 is 12.4 Å². The molecule has 74 valence electrons. The highest BCUT2D eigenvalue weighted by Crippen LogP contribution is 2.01. The Kier molecular flexibility index (Phi) is 6.65. The van der Waals surface area contributed by atoms with Crippen molar-refractivity contribution in [3.8, 4) is 0 Å². The Labute approximate surface area is 87.0 Å². The van der Waals surface area contributed by atoms with Gasteiger partial charge in [-0.05, 0) is 25.5 Å². The number of aryl methyl sites for hydroxylation is 1. The molecule has 1 rings (SSSR count). The largest absolute Gasteiger partial charge is 0.313 e. The monoisotopic (exact) mass is 199 g/mol. The predicted octanol–water partition coefficient (Wildman–Crippen LogP) is 2.92. The van der Waals surface area contributed by atoms with Gasteiger partial charge in [-0.3, -0.25) is 0 Å². The van der Waals surface area contributed by atoms with Gasteiger partial charge in [0.05, 0.1) is 0 Å². The molecule has 1 N–H and O–H groups in total. The van der Waals surface area contributed by atoms with Crippen LogP contribution in [0.4, 0.5) is 0 Å². The second kappa shape index (κ2) is 6.93. The molecule has 0 aliphatic heterocycles. The normalized spacial score (nSPS) is 9.38. The second-order valence-corrected chi connectivity index (χ2v) is 3.16. The molecule has 0 aliphatic rings. The van der Waals surface area contributed by atoms with Gasteiger partial charge in [-0.15, -0.1) is 12.4 Å². The van der Waals surface area contributed by atoms with E-state index in [0.717, 1.165) is 13.1 Å². The van der Waals surface area contributed by atoms with Gasteiger partial charge < -0.3 is 5.32 Å². The zero-order chi connectivity index (χ0) is 8.81. The molecule has 0 amide bonds. The van der Waals surface area contributed by atoms with Crippen LogP contribution in [0.5, 0.6) is 0 Å². The quantitative estimate of drug-likeness (QED) is 0.736. The molecule has 0 unspecified atom stereocenters. The third-order valence-electron chi connectivity index (χ3n) is 1.88. The van der Waals surface area contributed by atoms with Gasteiger partial charge in [0.25, 0.3) is 0 Å². The van der Waals surface area contributed by atoms with Crippen molar-refractivity contribution >= 4 is 12.4 Å². The molecule has 0 heterocycles. The molecule has 1 aromatic carbocycles. The molecule has 1 nitrogen and oxygen atoms in total. The number of nitrogens with one attached hydrogen (secondary N) is 1. The highest BCUT2D eigenvalue weighted by atomic mass is 35.5. The van der Waals surface area contributed by atoms with E-state index < -0.39 is 0 Å². The van der Waals surface area contributed by atoms with Crippen LogP contribution < -0.4 is 5.32 Å². The maximum Gasteiger partial charge on any atom is 0.0205 e. The first-order valence-electron chi connectivity index (χ1n) is 4.59. The molecule has 13 heavy (non-hydrogen) atoms. The maximum absolute atomic E-state index is 3.37. The van der Waals surface area contributed by atoms with Crippen LogP contribution in [0.1, 0.15) is 24.5 Å². The summed E-state index contributed by atoms with van der Waals surface area (Å²) in [5.41, 5.74) is 2.70. The number of hydrogen-bond acceptors (Lipinski definition) is 1. The smallest absolute Gasteiger partial charge is 0.0205 e. The Morgan fingerprint density at radius 3 is 2.31 bits per heavy atom. The molecular weight excluding hydrogens is 182 g/mol. The molecule has 0 aromatic heterocycles. The van der Waals surface area contributed by atoms with Gasteiger partial charge in [-0.2, -0.15) is 0 Å². The molecular formula is C11H18ClN. The SMILES string of the molecule is CCCNCc1ccc(C)cc1.Cl.